The Balaban J connectivity index is 2.24. The molecule has 17 heavy (non-hydrogen) atoms. The first-order valence-electron chi connectivity index (χ1n) is 5.37. The van der Waals surface area contributed by atoms with Gasteiger partial charge in [0.25, 0.3) is 0 Å². The Morgan fingerprint density at radius 3 is 2.88 bits per heavy atom. The van der Waals surface area contributed by atoms with E-state index in [1.54, 1.807) is 25.1 Å². The van der Waals surface area contributed by atoms with E-state index >= 15 is 0 Å². The molecule has 0 N–H and O–H groups in total. The van der Waals surface area contributed by atoms with Gasteiger partial charge >= 0.3 is 5.97 Å². The number of ether oxygens (including phenoxy) is 1. The van der Waals surface area contributed by atoms with Crippen molar-refractivity contribution in [3.8, 4) is 0 Å². The Labute approximate surface area is 98.2 Å². The van der Waals surface area contributed by atoms with Gasteiger partial charge in [0.15, 0.2) is 5.78 Å². The Morgan fingerprint density at radius 1 is 1.29 bits per heavy atom. The normalized spacial score (nSPS) is 10.4. The largest absolute Gasteiger partial charge is 0.466 e. The molecule has 2 aromatic rings. The van der Waals surface area contributed by atoms with Crippen LogP contribution in [-0.2, 0) is 9.53 Å². The van der Waals surface area contributed by atoms with Crippen LogP contribution >= 0.6 is 0 Å². The number of esters is 1. The molecule has 0 atom stereocenters. The van der Waals surface area contributed by atoms with Gasteiger partial charge in [-0.15, -0.1) is 0 Å². The van der Waals surface area contributed by atoms with Gasteiger partial charge in [0.2, 0.25) is 0 Å². The lowest BCUT2D eigenvalue weighted by Gasteiger charge is -2.02. The first-order valence-corrected chi connectivity index (χ1v) is 5.37. The van der Waals surface area contributed by atoms with Crippen LogP contribution in [-0.4, -0.2) is 18.4 Å². The number of rotatable bonds is 4. The van der Waals surface area contributed by atoms with Crippen LogP contribution in [0.2, 0.25) is 0 Å². The minimum absolute atomic E-state index is 0.256. The lowest BCUT2D eigenvalue weighted by atomic mass is 10.1. The van der Waals surface area contributed by atoms with Gasteiger partial charge in [-0.3, -0.25) is 9.59 Å². The van der Waals surface area contributed by atoms with Crippen molar-refractivity contribution in [2.45, 2.75) is 13.3 Å². The molecule has 2 rings (SSSR count). The smallest absolute Gasteiger partial charge is 0.313 e. The summed E-state index contributed by atoms with van der Waals surface area (Å²) in [6.07, 6.45) is 1.26. The fourth-order valence-electron chi connectivity index (χ4n) is 1.65. The second-order valence-electron chi connectivity index (χ2n) is 3.55. The summed E-state index contributed by atoms with van der Waals surface area (Å²) in [5.74, 6) is -0.801. The zero-order valence-corrected chi connectivity index (χ0v) is 9.43. The highest BCUT2D eigenvalue weighted by atomic mass is 16.5. The molecule has 0 fully saturated rings. The number of fused-ring (bicyclic) bond motifs is 1. The van der Waals surface area contributed by atoms with Gasteiger partial charge in [-0.25, -0.2) is 0 Å². The minimum Gasteiger partial charge on any atom is -0.466 e. The van der Waals surface area contributed by atoms with Crippen LogP contribution in [0.4, 0.5) is 0 Å². The van der Waals surface area contributed by atoms with Gasteiger partial charge in [0.05, 0.1) is 18.4 Å². The Kier molecular flexibility index (Phi) is 3.23. The first kappa shape index (κ1) is 11.4. The third kappa shape index (κ3) is 2.36. The van der Waals surface area contributed by atoms with Gasteiger partial charge in [-0.2, -0.15) is 0 Å². The van der Waals surface area contributed by atoms with Gasteiger partial charge in [0.1, 0.15) is 12.0 Å². The van der Waals surface area contributed by atoms with Crippen LogP contribution in [0, 0.1) is 0 Å². The average Bonchev–Trinajstić information content (AvgIpc) is 2.76. The second-order valence-corrected chi connectivity index (χ2v) is 3.55. The molecule has 0 aliphatic heterocycles. The summed E-state index contributed by atoms with van der Waals surface area (Å²) in [7, 11) is 0. The molecule has 0 saturated carbocycles. The van der Waals surface area contributed by atoms with Crippen LogP contribution in [0.5, 0.6) is 0 Å². The number of para-hydroxylation sites is 1. The van der Waals surface area contributed by atoms with E-state index in [9.17, 15) is 9.59 Å². The number of Topliss-reactive ketones (excluding diaryl/α,β-unsaturated/α-hetero) is 1. The molecule has 1 aromatic heterocycles. The van der Waals surface area contributed by atoms with E-state index in [0.717, 1.165) is 5.39 Å². The molecule has 0 saturated heterocycles. The van der Waals surface area contributed by atoms with E-state index in [1.165, 1.54) is 6.26 Å². The van der Waals surface area contributed by atoms with E-state index in [-0.39, 0.29) is 18.8 Å². The topological polar surface area (TPSA) is 56.5 Å². The number of furan rings is 1. The lowest BCUT2D eigenvalue weighted by molar-refractivity contribution is -0.141. The van der Waals surface area contributed by atoms with Gasteiger partial charge in [-0.1, -0.05) is 12.1 Å². The highest BCUT2D eigenvalue weighted by Crippen LogP contribution is 2.21. The third-order valence-corrected chi connectivity index (χ3v) is 2.39. The van der Waals surface area contributed by atoms with Gasteiger partial charge in [0, 0.05) is 5.39 Å². The maximum absolute atomic E-state index is 11.9. The summed E-state index contributed by atoms with van der Waals surface area (Å²) in [5, 5.41) is 0.847. The molecule has 0 spiro atoms. The summed E-state index contributed by atoms with van der Waals surface area (Å²) < 4.78 is 9.98. The summed E-state index contributed by atoms with van der Waals surface area (Å²) >= 11 is 0. The number of carbonyl (C=O) groups excluding carboxylic acids is 2. The molecule has 0 bridgehead atoms. The molecule has 4 nitrogen and oxygen atoms in total. The van der Waals surface area contributed by atoms with Crippen molar-refractivity contribution in [3.05, 3.63) is 36.1 Å². The number of ketones is 1. The number of hydrogen-bond donors (Lipinski definition) is 0. The van der Waals surface area contributed by atoms with Crippen LogP contribution < -0.4 is 0 Å². The first-order chi connectivity index (χ1) is 8.22. The van der Waals surface area contributed by atoms with Gasteiger partial charge in [-0.05, 0) is 19.1 Å². The van der Waals surface area contributed by atoms with Crippen molar-refractivity contribution in [3.63, 3.8) is 0 Å². The van der Waals surface area contributed by atoms with E-state index < -0.39 is 5.97 Å². The summed E-state index contributed by atoms with van der Waals surface area (Å²) in [4.78, 5) is 23.1. The molecular formula is C13H12O4. The molecular weight excluding hydrogens is 220 g/mol. The predicted octanol–water partition coefficient (Wildman–Crippen LogP) is 2.57. The molecule has 1 heterocycles. The number of hydrogen-bond acceptors (Lipinski definition) is 4. The predicted molar refractivity (Wildman–Crippen MR) is 61.8 cm³/mol. The quantitative estimate of drug-likeness (QED) is 0.462. The van der Waals surface area contributed by atoms with Crippen molar-refractivity contribution >= 4 is 22.7 Å². The van der Waals surface area contributed by atoms with E-state index in [4.69, 9.17) is 9.15 Å². The fourth-order valence-corrected chi connectivity index (χ4v) is 1.65. The standard InChI is InChI=1S/C13H12O4/c1-2-16-12(15)8-11(14)10-5-3-4-9-6-7-17-13(9)10/h3-7H,2,8H2,1H3. The maximum atomic E-state index is 11.9. The Hall–Kier alpha value is -2.10. The zero-order valence-electron chi connectivity index (χ0n) is 9.43. The van der Waals surface area contributed by atoms with Crippen LogP contribution in [0.3, 0.4) is 0 Å². The van der Waals surface area contributed by atoms with Crippen LogP contribution in [0.1, 0.15) is 23.7 Å². The molecule has 1 aromatic carbocycles. The molecule has 0 radical (unpaired) electrons. The fraction of sp³-hybridized carbons (Fsp3) is 0.231. The van der Waals surface area contributed by atoms with E-state index in [1.807, 2.05) is 6.07 Å². The Morgan fingerprint density at radius 2 is 2.12 bits per heavy atom. The summed E-state index contributed by atoms with van der Waals surface area (Å²) in [6, 6.07) is 7.03. The second kappa shape index (κ2) is 4.82. The number of benzene rings is 1. The SMILES string of the molecule is CCOC(=O)CC(=O)c1cccc2ccoc12. The van der Waals surface area contributed by atoms with E-state index in [2.05, 4.69) is 0 Å². The highest BCUT2D eigenvalue weighted by Gasteiger charge is 2.16. The van der Waals surface area contributed by atoms with Crippen molar-refractivity contribution in [1.29, 1.82) is 0 Å². The van der Waals surface area contributed by atoms with Crippen molar-refractivity contribution in [1.82, 2.24) is 0 Å². The van der Waals surface area contributed by atoms with Crippen LogP contribution in [0.25, 0.3) is 11.0 Å². The molecule has 0 aliphatic rings. The average molecular weight is 232 g/mol. The lowest BCUT2D eigenvalue weighted by Crippen LogP contribution is -2.11. The third-order valence-electron chi connectivity index (χ3n) is 2.39. The molecule has 88 valence electrons. The monoisotopic (exact) mass is 232 g/mol. The van der Waals surface area contributed by atoms with Crippen LogP contribution in [0.15, 0.2) is 34.9 Å². The molecule has 4 heteroatoms. The molecule has 0 aliphatic carbocycles. The number of carbonyl (C=O) groups is 2. The summed E-state index contributed by atoms with van der Waals surface area (Å²) in [6.45, 7) is 1.98. The summed E-state index contributed by atoms with van der Waals surface area (Å²) in [5.41, 5.74) is 0.933. The highest BCUT2D eigenvalue weighted by molar-refractivity contribution is 6.12. The van der Waals surface area contributed by atoms with Crippen molar-refractivity contribution < 1.29 is 18.7 Å². The maximum Gasteiger partial charge on any atom is 0.313 e. The molecule has 0 unspecified atom stereocenters. The Bertz CT molecular complexity index is 553. The molecule has 0 amide bonds. The van der Waals surface area contributed by atoms with E-state index in [0.29, 0.717) is 11.1 Å². The van der Waals surface area contributed by atoms with Crippen molar-refractivity contribution in [2.75, 3.05) is 6.61 Å². The van der Waals surface area contributed by atoms with Gasteiger partial charge < -0.3 is 9.15 Å². The zero-order chi connectivity index (χ0) is 12.3. The minimum atomic E-state index is -0.513. The van der Waals surface area contributed by atoms with Crippen molar-refractivity contribution in [2.24, 2.45) is 0 Å².